The van der Waals surface area contributed by atoms with Crippen LogP contribution in [0.25, 0.3) is 0 Å². The SMILES string of the molecule is NC(CCCCN1CCCCCC1)c1ccccc1. The molecule has 2 nitrogen and oxygen atoms in total. The minimum Gasteiger partial charge on any atom is -0.324 e. The van der Waals surface area contributed by atoms with E-state index in [2.05, 4.69) is 35.2 Å². The lowest BCUT2D eigenvalue weighted by molar-refractivity contribution is 0.277. The Hall–Kier alpha value is -0.860. The Kier molecular flexibility index (Phi) is 6.38. The second kappa shape index (κ2) is 8.34. The van der Waals surface area contributed by atoms with Gasteiger partial charge in [-0.05, 0) is 50.9 Å². The van der Waals surface area contributed by atoms with Crippen LogP contribution in [0.2, 0.25) is 0 Å². The predicted molar refractivity (Wildman–Crippen MR) is 82.1 cm³/mol. The van der Waals surface area contributed by atoms with Crippen molar-refractivity contribution >= 4 is 0 Å². The van der Waals surface area contributed by atoms with Gasteiger partial charge in [0, 0.05) is 6.04 Å². The molecule has 0 radical (unpaired) electrons. The van der Waals surface area contributed by atoms with Gasteiger partial charge in [-0.1, -0.05) is 49.6 Å². The zero-order valence-corrected chi connectivity index (χ0v) is 12.1. The Labute approximate surface area is 118 Å². The fourth-order valence-corrected chi connectivity index (χ4v) is 2.93. The van der Waals surface area contributed by atoms with Gasteiger partial charge >= 0.3 is 0 Å². The largest absolute Gasteiger partial charge is 0.324 e. The monoisotopic (exact) mass is 260 g/mol. The van der Waals surface area contributed by atoms with Gasteiger partial charge in [0.05, 0.1) is 0 Å². The van der Waals surface area contributed by atoms with Crippen LogP contribution in [0.5, 0.6) is 0 Å². The molecular weight excluding hydrogens is 232 g/mol. The van der Waals surface area contributed by atoms with Crippen molar-refractivity contribution in [3.8, 4) is 0 Å². The minimum absolute atomic E-state index is 0.213. The second-order valence-corrected chi connectivity index (χ2v) is 5.77. The highest BCUT2D eigenvalue weighted by molar-refractivity contribution is 5.18. The van der Waals surface area contributed by atoms with Crippen LogP contribution in [-0.4, -0.2) is 24.5 Å². The van der Waals surface area contributed by atoms with Crippen LogP contribution in [0, 0.1) is 0 Å². The van der Waals surface area contributed by atoms with Gasteiger partial charge in [0.15, 0.2) is 0 Å². The van der Waals surface area contributed by atoms with Crippen LogP contribution in [0.4, 0.5) is 0 Å². The average Bonchev–Trinajstić information content (AvgIpc) is 2.73. The molecular formula is C17H28N2. The average molecular weight is 260 g/mol. The molecule has 0 saturated carbocycles. The fourth-order valence-electron chi connectivity index (χ4n) is 2.93. The van der Waals surface area contributed by atoms with E-state index in [4.69, 9.17) is 5.73 Å². The number of nitrogens with two attached hydrogens (primary N) is 1. The first-order chi connectivity index (χ1) is 9.36. The van der Waals surface area contributed by atoms with Crippen LogP contribution < -0.4 is 5.73 Å². The molecule has 106 valence electrons. The van der Waals surface area contributed by atoms with Gasteiger partial charge in [-0.25, -0.2) is 0 Å². The summed E-state index contributed by atoms with van der Waals surface area (Å²) >= 11 is 0. The number of likely N-dealkylation sites (tertiary alicyclic amines) is 1. The van der Waals surface area contributed by atoms with Gasteiger partial charge in [0.2, 0.25) is 0 Å². The summed E-state index contributed by atoms with van der Waals surface area (Å²) < 4.78 is 0. The van der Waals surface area contributed by atoms with Gasteiger partial charge < -0.3 is 10.6 Å². The minimum atomic E-state index is 0.213. The van der Waals surface area contributed by atoms with Crippen molar-refractivity contribution in [3.05, 3.63) is 35.9 Å². The summed E-state index contributed by atoms with van der Waals surface area (Å²) in [4.78, 5) is 2.64. The van der Waals surface area contributed by atoms with Crippen LogP contribution in [0.1, 0.15) is 56.6 Å². The molecule has 1 fully saturated rings. The molecule has 1 atom stereocenters. The molecule has 2 heteroatoms. The smallest absolute Gasteiger partial charge is 0.0294 e. The standard InChI is InChI=1S/C17H28N2/c18-17(16-10-4-3-5-11-16)12-6-9-15-19-13-7-1-2-8-14-19/h3-5,10-11,17H,1-2,6-9,12-15,18H2. The molecule has 0 spiro atoms. The zero-order valence-electron chi connectivity index (χ0n) is 12.1. The topological polar surface area (TPSA) is 29.3 Å². The molecule has 0 aliphatic carbocycles. The zero-order chi connectivity index (χ0) is 13.3. The van der Waals surface area contributed by atoms with Crippen LogP contribution >= 0.6 is 0 Å². The molecule has 1 saturated heterocycles. The molecule has 1 heterocycles. The van der Waals surface area contributed by atoms with Crippen molar-refractivity contribution in [2.75, 3.05) is 19.6 Å². The summed E-state index contributed by atoms with van der Waals surface area (Å²) in [6.45, 7) is 3.89. The number of benzene rings is 1. The lowest BCUT2D eigenvalue weighted by Gasteiger charge is -2.20. The Balaban J connectivity index is 1.61. The summed E-state index contributed by atoms with van der Waals surface area (Å²) in [5.41, 5.74) is 7.50. The maximum atomic E-state index is 6.23. The van der Waals surface area contributed by atoms with E-state index < -0.39 is 0 Å². The lowest BCUT2D eigenvalue weighted by Crippen LogP contribution is -2.25. The number of hydrogen-bond donors (Lipinski definition) is 1. The van der Waals surface area contributed by atoms with Gasteiger partial charge in [-0.3, -0.25) is 0 Å². The summed E-state index contributed by atoms with van der Waals surface area (Å²) in [7, 11) is 0. The summed E-state index contributed by atoms with van der Waals surface area (Å²) in [6, 6.07) is 10.7. The van der Waals surface area contributed by atoms with E-state index in [-0.39, 0.29) is 6.04 Å². The molecule has 2 rings (SSSR count). The first-order valence-corrected chi connectivity index (χ1v) is 7.89. The van der Waals surface area contributed by atoms with E-state index in [0.29, 0.717) is 0 Å². The molecule has 2 N–H and O–H groups in total. The van der Waals surface area contributed by atoms with Crippen LogP contribution in [-0.2, 0) is 0 Å². The van der Waals surface area contributed by atoms with Crippen molar-refractivity contribution in [2.24, 2.45) is 5.73 Å². The third-order valence-corrected chi connectivity index (χ3v) is 4.17. The predicted octanol–water partition coefficient (Wildman–Crippen LogP) is 3.73. The molecule has 19 heavy (non-hydrogen) atoms. The van der Waals surface area contributed by atoms with E-state index >= 15 is 0 Å². The Morgan fingerprint density at radius 2 is 1.63 bits per heavy atom. The van der Waals surface area contributed by atoms with E-state index in [1.54, 1.807) is 0 Å². The quantitative estimate of drug-likeness (QED) is 0.790. The maximum Gasteiger partial charge on any atom is 0.0294 e. The number of nitrogens with zero attached hydrogens (tertiary/aromatic N) is 1. The van der Waals surface area contributed by atoms with Crippen molar-refractivity contribution in [1.29, 1.82) is 0 Å². The third kappa shape index (κ3) is 5.33. The normalized spacial score (nSPS) is 19.0. The van der Waals surface area contributed by atoms with E-state index in [1.165, 1.54) is 63.7 Å². The highest BCUT2D eigenvalue weighted by Gasteiger charge is 2.09. The molecule has 1 aromatic carbocycles. The molecule has 0 amide bonds. The number of unbranched alkanes of at least 4 members (excludes halogenated alkanes) is 1. The molecule has 1 aliphatic rings. The molecule has 0 bridgehead atoms. The van der Waals surface area contributed by atoms with Crippen molar-refractivity contribution in [3.63, 3.8) is 0 Å². The van der Waals surface area contributed by atoms with Gasteiger partial charge in [-0.15, -0.1) is 0 Å². The van der Waals surface area contributed by atoms with Crippen LogP contribution in [0.15, 0.2) is 30.3 Å². The van der Waals surface area contributed by atoms with Gasteiger partial charge in [0.25, 0.3) is 0 Å². The second-order valence-electron chi connectivity index (χ2n) is 5.77. The molecule has 1 aromatic rings. The summed E-state index contributed by atoms with van der Waals surface area (Å²) in [5.74, 6) is 0. The molecule has 0 aromatic heterocycles. The van der Waals surface area contributed by atoms with Crippen molar-refractivity contribution < 1.29 is 0 Å². The lowest BCUT2D eigenvalue weighted by atomic mass is 10.0. The van der Waals surface area contributed by atoms with Crippen molar-refractivity contribution in [1.82, 2.24) is 4.90 Å². The first kappa shape index (κ1) is 14.5. The highest BCUT2D eigenvalue weighted by atomic mass is 15.1. The fraction of sp³-hybridized carbons (Fsp3) is 0.647. The molecule has 1 unspecified atom stereocenters. The van der Waals surface area contributed by atoms with Crippen molar-refractivity contribution in [2.45, 2.75) is 51.0 Å². The Morgan fingerprint density at radius 3 is 2.32 bits per heavy atom. The van der Waals surface area contributed by atoms with Crippen LogP contribution in [0.3, 0.4) is 0 Å². The maximum absolute atomic E-state index is 6.23. The number of hydrogen-bond acceptors (Lipinski definition) is 2. The van der Waals surface area contributed by atoms with Gasteiger partial charge in [-0.2, -0.15) is 0 Å². The Bertz CT molecular complexity index is 328. The van der Waals surface area contributed by atoms with Gasteiger partial charge in [0.1, 0.15) is 0 Å². The van der Waals surface area contributed by atoms with E-state index in [0.717, 1.165) is 6.42 Å². The van der Waals surface area contributed by atoms with E-state index in [9.17, 15) is 0 Å². The van der Waals surface area contributed by atoms with E-state index in [1.807, 2.05) is 0 Å². The Morgan fingerprint density at radius 1 is 0.947 bits per heavy atom. The third-order valence-electron chi connectivity index (χ3n) is 4.17. The number of rotatable bonds is 6. The highest BCUT2D eigenvalue weighted by Crippen LogP contribution is 2.17. The first-order valence-electron chi connectivity index (χ1n) is 7.89. The summed E-state index contributed by atoms with van der Waals surface area (Å²) in [6.07, 6.45) is 9.28. The summed E-state index contributed by atoms with van der Waals surface area (Å²) in [5, 5.41) is 0. The molecule has 1 aliphatic heterocycles.